The van der Waals surface area contributed by atoms with Crippen LogP contribution in [0.15, 0.2) is 59.1 Å². The van der Waals surface area contributed by atoms with E-state index in [4.69, 9.17) is 0 Å². The smallest absolute Gasteiger partial charge is 0.331 e. The number of hydrogen-bond acceptors (Lipinski definition) is 5. The summed E-state index contributed by atoms with van der Waals surface area (Å²) in [5.41, 5.74) is 3.65. The Labute approximate surface area is 165 Å². The minimum Gasteiger partial charge on any atom is -0.341 e. The molecule has 0 amide bonds. The molecular formula is C22H18N2O3S. The van der Waals surface area contributed by atoms with Crippen LogP contribution in [0, 0.1) is 0 Å². The molecule has 0 radical (unpaired) electrons. The maximum Gasteiger partial charge on any atom is 0.331 e. The Morgan fingerprint density at radius 3 is 2.54 bits per heavy atom. The van der Waals surface area contributed by atoms with E-state index in [2.05, 4.69) is 21.5 Å². The highest BCUT2D eigenvalue weighted by Crippen LogP contribution is 2.31. The first-order chi connectivity index (χ1) is 13.6. The number of fused-ring (bicyclic) bond motifs is 3. The molecule has 2 aromatic carbocycles. The van der Waals surface area contributed by atoms with Crippen LogP contribution >= 0.6 is 11.3 Å². The van der Waals surface area contributed by atoms with Gasteiger partial charge in [-0.1, -0.05) is 17.3 Å². The molecule has 2 aromatic heterocycles. The molecule has 0 aliphatic rings. The number of rotatable bonds is 5. The van der Waals surface area contributed by atoms with Gasteiger partial charge in [-0.2, -0.15) is 0 Å². The van der Waals surface area contributed by atoms with Crippen LogP contribution in [0.1, 0.15) is 34.6 Å². The summed E-state index contributed by atoms with van der Waals surface area (Å²) in [6, 6.07) is 15.5. The zero-order chi connectivity index (χ0) is 19.7. The maximum atomic E-state index is 12.8. The minimum atomic E-state index is -0.461. The molecule has 0 aliphatic carbocycles. The largest absolute Gasteiger partial charge is 0.341 e. The molecule has 4 rings (SSSR count). The van der Waals surface area contributed by atoms with Gasteiger partial charge in [-0.15, -0.1) is 11.3 Å². The Morgan fingerprint density at radius 1 is 1.11 bits per heavy atom. The number of carbonyl (C=O) groups excluding carboxylic acids is 2. The van der Waals surface area contributed by atoms with Crippen molar-refractivity contribution in [3.63, 3.8) is 0 Å². The highest BCUT2D eigenvalue weighted by atomic mass is 32.1. The number of hydrogen-bond donors (Lipinski definition) is 0. The molecule has 0 fully saturated rings. The zero-order valence-corrected chi connectivity index (χ0v) is 16.3. The fourth-order valence-corrected chi connectivity index (χ4v) is 4.08. The third-order valence-corrected chi connectivity index (χ3v) is 5.46. The van der Waals surface area contributed by atoms with E-state index in [1.165, 1.54) is 24.5 Å². The number of carbonyl (C=O) groups is 2. The number of thiophene rings is 1. The lowest BCUT2D eigenvalue weighted by molar-refractivity contribution is -0.140. The van der Waals surface area contributed by atoms with Crippen molar-refractivity contribution in [1.29, 1.82) is 0 Å². The third-order valence-electron chi connectivity index (χ3n) is 4.60. The number of aromatic nitrogens is 1. The van der Waals surface area contributed by atoms with Crippen LogP contribution in [0.4, 0.5) is 0 Å². The van der Waals surface area contributed by atoms with Gasteiger partial charge < -0.3 is 9.40 Å². The summed E-state index contributed by atoms with van der Waals surface area (Å²) in [6.07, 6.45) is 1.51. The van der Waals surface area contributed by atoms with Crippen LogP contribution in [-0.4, -0.2) is 22.5 Å². The van der Waals surface area contributed by atoms with Crippen LogP contribution < -0.4 is 0 Å². The first-order valence-electron chi connectivity index (χ1n) is 8.93. The molecule has 0 atom stereocenters. The van der Waals surface area contributed by atoms with E-state index in [1.807, 2.05) is 53.9 Å². The predicted octanol–water partition coefficient (Wildman–Crippen LogP) is 5.00. The Balaban J connectivity index is 1.86. The maximum absolute atomic E-state index is 12.8. The molecule has 2 heterocycles. The fraction of sp³-hybridized carbons (Fsp3) is 0.136. The van der Waals surface area contributed by atoms with Gasteiger partial charge in [0.05, 0.1) is 11.1 Å². The van der Waals surface area contributed by atoms with Gasteiger partial charge in [0.1, 0.15) is 0 Å². The average Bonchev–Trinajstić information content (AvgIpc) is 3.33. The Kier molecular flexibility index (Phi) is 4.79. The van der Waals surface area contributed by atoms with Crippen molar-refractivity contribution in [2.45, 2.75) is 20.4 Å². The van der Waals surface area contributed by atoms with Crippen molar-refractivity contribution in [3.8, 4) is 0 Å². The van der Waals surface area contributed by atoms with E-state index >= 15 is 0 Å². The van der Waals surface area contributed by atoms with Gasteiger partial charge in [-0.25, -0.2) is 4.79 Å². The van der Waals surface area contributed by atoms with Gasteiger partial charge in [-0.05, 0) is 54.3 Å². The zero-order valence-electron chi connectivity index (χ0n) is 15.5. The first kappa shape index (κ1) is 18.1. The summed E-state index contributed by atoms with van der Waals surface area (Å²) >= 11 is 1.44. The molecule has 0 N–H and O–H groups in total. The van der Waals surface area contributed by atoms with Gasteiger partial charge in [0, 0.05) is 40.8 Å². The van der Waals surface area contributed by atoms with E-state index in [0.29, 0.717) is 5.56 Å². The van der Waals surface area contributed by atoms with Gasteiger partial charge >= 0.3 is 5.97 Å². The van der Waals surface area contributed by atoms with E-state index < -0.39 is 5.97 Å². The average molecular weight is 390 g/mol. The summed E-state index contributed by atoms with van der Waals surface area (Å²) in [4.78, 5) is 29.0. The molecule has 0 saturated carbocycles. The van der Waals surface area contributed by atoms with E-state index in [9.17, 15) is 9.59 Å². The standard InChI is InChI=1S/C22H18N2O3S/c1-3-24-19-8-6-15(13-23-27-14(2)25)11-17(19)18-12-16(7-9-20(18)24)22(26)21-5-4-10-28-21/h4-13H,3H2,1-2H3/b23-13+. The van der Waals surface area contributed by atoms with Gasteiger partial charge in [0.2, 0.25) is 5.78 Å². The monoisotopic (exact) mass is 390 g/mol. The lowest BCUT2D eigenvalue weighted by Gasteiger charge is -2.03. The molecule has 0 unspecified atom stereocenters. The summed E-state index contributed by atoms with van der Waals surface area (Å²) in [5.74, 6) is -0.432. The Bertz CT molecular complexity index is 1220. The highest BCUT2D eigenvalue weighted by molar-refractivity contribution is 7.12. The van der Waals surface area contributed by atoms with Gasteiger partial charge in [0.25, 0.3) is 0 Å². The normalized spacial score (nSPS) is 11.5. The van der Waals surface area contributed by atoms with Crippen LogP contribution in [0.5, 0.6) is 0 Å². The summed E-state index contributed by atoms with van der Waals surface area (Å²) in [6.45, 7) is 4.22. The van der Waals surface area contributed by atoms with Crippen molar-refractivity contribution in [3.05, 3.63) is 69.9 Å². The molecule has 0 bridgehead atoms. The fourth-order valence-electron chi connectivity index (χ4n) is 3.40. The van der Waals surface area contributed by atoms with Crippen molar-refractivity contribution >= 4 is 51.1 Å². The summed E-state index contributed by atoms with van der Waals surface area (Å²) < 4.78 is 2.22. The van der Waals surface area contributed by atoms with Crippen molar-refractivity contribution < 1.29 is 14.4 Å². The number of benzene rings is 2. The second kappa shape index (κ2) is 7.40. The molecule has 0 saturated heterocycles. The lowest BCUT2D eigenvalue weighted by Crippen LogP contribution is -1.98. The topological polar surface area (TPSA) is 60.7 Å². The summed E-state index contributed by atoms with van der Waals surface area (Å²) in [7, 11) is 0. The lowest BCUT2D eigenvalue weighted by atomic mass is 10.0. The Morgan fingerprint density at radius 2 is 1.86 bits per heavy atom. The van der Waals surface area contributed by atoms with Crippen LogP contribution in [0.2, 0.25) is 0 Å². The molecule has 0 spiro atoms. The second-order valence-electron chi connectivity index (χ2n) is 6.38. The van der Waals surface area contributed by atoms with Crippen LogP contribution in [0.3, 0.4) is 0 Å². The number of nitrogens with zero attached hydrogens (tertiary/aromatic N) is 2. The highest BCUT2D eigenvalue weighted by Gasteiger charge is 2.15. The molecule has 140 valence electrons. The second-order valence-corrected chi connectivity index (χ2v) is 7.32. The van der Waals surface area contributed by atoms with Gasteiger partial charge in [-0.3, -0.25) is 4.79 Å². The first-order valence-corrected chi connectivity index (χ1v) is 9.81. The quantitative estimate of drug-likeness (QED) is 0.208. The van der Waals surface area contributed by atoms with Crippen molar-refractivity contribution in [2.24, 2.45) is 5.16 Å². The van der Waals surface area contributed by atoms with Crippen LogP contribution in [-0.2, 0) is 16.2 Å². The SMILES string of the molecule is CCn1c2ccc(/C=N/OC(C)=O)cc2c2cc(C(=O)c3cccs3)ccc21. The molecular weight excluding hydrogens is 372 g/mol. The van der Waals surface area contributed by atoms with Crippen molar-refractivity contribution in [2.75, 3.05) is 0 Å². The molecule has 0 aliphatic heterocycles. The van der Waals surface area contributed by atoms with Gasteiger partial charge in [0.15, 0.2) is 0 Å². The number of aryl methyl sites for hydroxylation is 1. The number of ketones is 1. The van der Waals surface area contributed by atoms with E-state index in [1.54, 1.807) is 0 Å². The summed E-state index contributed by atoms with van der Waals surface area (Å²) in [5, 5.41) is 7.65. The minimum absolute atomic E-state index is 0.0295. The molecule has 6 heteroatoms. The predicted molar refractivity (Wildman–Crippen MR) is 112 cm³/mol. The van der Waals surface area contributed by atoms with E-state index in [0.717, 1.165) is 38.8 Å². The third kappa shape index (κ3) is 3.23. The Hall–Kier alpha value is -3.25. The molecule has 28 heavy (non-hydrogen) atoms. The van der Waals surface area contributed by atoms with Crippen LogP contribution in [0.25, 0.3) is 21.8 Å². The molecule has 4 aromatic rings. The number of oxime groups is 1. The van der Waals surface area contributed by atoms with E-state index in [-0.39, 0.29) is 5.78 Å². The van der Waals surface area contributed by atoms with Crippen molar-refractivity contribution in [1.82, 2.24) is 4.57 Å². The molecule has 5 nitrogen and oxygen atoms in total.